The van der Waals surface area contributed by atoms with Crippen molar-refractivity contribution in [2.75, 3.05) is 13.7 Å². The Bertz CT molecular complexity index is 1540. The summed E-state index contributed by atoms with van der Waals surface area (Å²) in [6, 6.07) is 16.2. The molecule has 2 aromatic carbocycles. The number of aromatic nitrogens is 2. The highest BCUT2D eigenvalue weighted by atomic mass is 16.6. The van der Waals surface area contributed by atoms with Crippen LogP contribution in [0.3, 0.4) is 0 Å². The standard InChI is InChI=1S/C27H25N5O4/c1-17-12-20(18(2)31(17)25-9-8-22(32(34)35)14-26(25)36-3)13-21(15-28)27(33)29-11-10-19-16-30-24-7-5-4-6-23(19)24/h4-9,12-14,16,30H,10-11H2,1-3H3,(H,29,33)/b21-13-. The molecule has 0 atom stereocenters. The summed E-state index contributed by atoms with van der Waals surface area (Å²) in [6.45, 7) is 4.11. The molecule has 0 radical (unpaired) electrons. The van der Waals surface area contributed by atoms with Crippen LogP contribution >= 0.6 is 0 Å². The molecule has 1 amide bonds. The molecule has 0 bridgehead atoms. The fourth-order valence-electron chi connectivity index (χ4n) is 4.32. The topological polar surface area (TPSA) is 126 Å². The number of hydrogen-bond donors (Lipinski definition) is 2. The number of methoxy groups -OCH3 is 1. The second kappa shape index (κ2) is 10.2. The van der Waals surface area contributed by atoms with E-state index < -0.39 is 10.8 Å². The van der Waals surface area contributed by atoms with Gasteiger partial charge in [0.15, 0.2) is 0 Å². The van der Waals surface area contributed by atoms with E-state index in [0.29, 0.717) is 30.0 Å². The third-order valence-electron chi connectivity index (χ3n) is 6.11. The fourth-order valence-corrected chi connectivity index (χ4v) is 4.32. The minimum absolute atomic E-state index is 0.00941. The molecule has 0 spiro atoms. The van der Waals surface area contributed by atoms with Crippen LogP contribution in [0.25, 0.3) is 22.7 Å². The van der Waals surface area contributed by atoms with Gasteiger partial charge in [0, 0.05) is 41.1 Å². The predicted molar refractivity (Wildman–Crippen MR) is 137 cm³/mol. The molecule has 0 aliphatic rings. The van der Waals surface area contributed by atoms with Gasteiger partial charge in [0.2, 0.25) is 0 Å². The lowest BCUT2D eigenvalue weighted by Crippen LogP contribution is -2.26. The van der Waals surface area contributed by atoms with Crippen LogP contribution in [0.5, 0.6) is 5.75 Å². The van der Waals surface area contributed by atoms with Crippen molar-refractivity contribution in [1.82, 2.24) is 14.9 Å². The molecule has 4 aromatic rings. The number of fused-ring (bicyclic) bond motifs is 1. The van der Waals surface area contributed by atoms with Crippen LogP contribution in [0.1, 0.15) is 22.5 Å². The summed E-state index contributed by atoms with van der Waals surface area (Å²) in [6.07, 6.45) is 4.11. The van der Waals surface area contributed by atoms with Gasteiger partial charge in [-0.2, -0.15) is 5.26 Å². The van der Waals surface area contributed by atoms with Gasteiger partial charge in [-0.1, -0.05) is 18.2 Å². The van der Waals surface area contributed by atoms with Gasteiger partial charge in [-0.05, 0) is 55.7 Å². The first-order valence-corrected chi connectivity index (χ1v) is 11.3. The lowest BCUT2D eigenvalue weighted by molar-refractivity contribution is -0.384. The zero-order valence-corrected chi connectivity index (χ0v) is 20.2. The SMILES string of the molecule is COc1cc([N+](=O)[O-])ccc1-n1c(C)cc(/C=C(/C#N)C(=O)NCCc2c[nH]c3ccccc23)c1C. The molecule has 0 aliphatic carbocycles. The van der Waals surface area contributed by atoms with E-state index in [4.69, 9.17) is 4.74 Å². The van der Waals surface area contributed by atoms with E-state index >= 15 is 0 Å². The summed E-state index contributed by atoms with van der Waals surface area (Å²) in [5, 5.41) is 24.7. The highest BCUT2D eigenvalue weighted by Gasteiger charge is 2.18. The molecule has 182 valence electrons. The molecule has 2 heterocycles. The van der Waals surface area contributed by atoms with Crippen molar-refractivity contribution >= 4 is 28.6 Å². The largest absolute Gasteiger partial charge is 0.494 e. The molecule has 0 aliphatic heterocycles. The Morgan fingerprint density at radius 2 is 2.03 bits per heavy atom. The number of para-hydroxylation sites is 1. The number of carbonyl (C=O) groups is 1. The number of nitro groups is 1. The predicted octanol–water partition coefficient (Wildman–Crippen LogP) is 4.76. The van der Waals surface area contributed by atoms with Gasteiger partial charge >= 0.3 is 0 Å². The van der Waals surface area contributed by atoms with Crippen LogP contribution in [0.15, 0.2) is 60.3 Å². The molecular formula is C27H25N5O4. The van der Waals surface area contributed by atoms with Crippen LogP contribution < -0.4 is 10.1 Å². The first-order chi connectivity index (χ1) is 17.3. The van der Waals surface area contributed by atoms with Crippen molar-refractivity contribution in [3.63, 3.8) is 0 Å². The van der Waals surface area contributed by atoms with E-state index in [1.165, 1.54) is 19.2 Å². The Morgan fingerprint density at radius 1 is 1.25 bits per heavy atom. The van der Waals surface area contributed by atoms with E-state index in [9.17, 15) is 20.2 Å². The van der Waals surface area contributed by atoms with E-state index in [0.717, 1.165) is 27.9 Å². The van der Waals surface area contributed by atoms with Gasteiger partial charge in [0.1, 0.15) is 17.4 Å². The van der Waals surface area contributed by atoms with E-state index in [2.05, 4.69) is 10.3 Å². The van der Waals surface area contributed by atoms with Crippen LogP contribution in [-0.4, -0.2) is 34.0 Å². The Kier molecular flexibility index (Phi) is 6.88. The maximum absolute atomic E-state index is 12.7. The van der Waals surface area contributed by atoms with E-state index in [1.54, 1.807) is 12.1 Å². The van der Waals surface area contributed by atoms with Crippen molar-refractivity contribution in [3.05, 3.63) is 92.9 Å². The molecule has 9 nitrogen and oxygen atoms in total. The number of hydrogen-bond acceptors (Lipinski definition) is 5. The first-order valence-electron chi connectivity index (χ1n) is 11.3. The minimum atomic E-state index is -0.480. The molecule has 0 fully saturated rings. The second-order valence-electron chi connectivity index (χ2n) is 8.31. The maximum Gasteiger partial charge on any atom is 0.273 e. The molecule has 0 unspecified atom stereocenters. The zero-order valence-electron chi connectivity index (χ0n) is 20.2. The normalized spacial score (nSPS) is 11.3. The highest BCUT2D eigenvalue weighted by Crippen LogP contribution is 2.32. The third kappa shape index (κ3) is 4.70. The summed E-state index contributed by atoms with van der Waals surface area (Å²) >= 11 is 0. The molecule has 2 aromatic heterocycles. The molecule has 9 heteroatoms. The highest BCUT2D eigenvalue weighted by molar-refractivity contribution is 6.01. The number of nitrogens with one attached hydrogen (secondary N) is 2. The molecule has 2 N–H and O–H groups in total. The number of non-ortho nitro benzene ring substituents is 1. The van der Waals surface area contributed by atoms with Crippen molar-refractivity contribution in [1.29, 1.82) is 5.26 Å². The monoisotopic (exact) mass is 483 g/mol. The van der Waals surface area contributed by atoms with E-state index in [-0.39, 0.29) is 11.3 Å². The van der Waals surface area contributed by atoms with Gasteiger partial charge < -0.3 is 19.6 Å². The van der Waals surface area contributed by atoms with Gasteiger partial charge in [0.25, 0.3) is 11.6 Å². The summed E-state index contributed by atoms with van der Waals surface area (Å²) in [7, 11) is 1.45. The Morgan fingerprint density at radius 3 is 2.75 bits per heavy atom. The number of amides is 1. The van der Waals surface area contributed by atoms with Crippen molar-refractivity contribution in [2.45, 2.75) is 20.3 Å². The Balaban J connectivity index is 1.54. The number of benzene rings is 2. The number of rotatable bonds is 8. The van der Waals surface area contributed by atoms with Crippen LogP contribution in [-0.2, 0) is 11.2 Å². The summed E-state index contributed by atoms with van der Waals surface area (Å²) in [5.41, 5.74) is 4.95. The third-order valence-corrected chi connectivity index (χ3v) is 6.11. The number of aryl methyl sites for hydroxylation is 1. The van der Waals surface area contributed by atoms with Crippen LogP contribution in [0, 0.1) is 35.3 Å². The molecule has 36 heavy (non-hydrogen) atoms. The van der Waals surface area contributed by atoms with Crippen molar-refractivity contribution in [2.24, 2.45) is 0 Å². The number of ether oxygens (including phenoxy) is 1. The molecular weight excluding hydrogens is 458 g/mol. The van der Waals surface area contributed by atoms with Gasteiger partial charge in [-0.15, -0.1) is 0 Å². The quantitative estimate of drug-likeness (QED) is 0.162. The van der Waals surface area contributed by atoms with Crippen molar-refractivity contribution < 1.29 is 14.5 Å². The molecule has 0 saturated carbocycles. The minimum Gasteiger partial charge on any atom is -0.494 e. The second-order valence-corrected chi connectivity index (χ2v) is 8.31. The van der Waals surface area contributed by atoms with Gasteiger partial charge in [0.05, 0.1) is 23.8 Å². The lowest BCUT2D eigenvalue weighted by Gasteiger charge is -2.13. The first kappa shape index (κ1) is 24.3. The van der Waals surface area contributed by atoms with Crippen LogP contribution in [0.4, 0.5) is 5.69 Å². The number of nitro benzene ring substituents is 1. The van der Waals surface area contributed by atoms with E-state index in [1.807, 2.05) is 61.0 Å². The molecule has 0 saturated heterocycles. The fraction of sp³-hybridized carbons (Fsp3) is 0.185. The Hall–Kier alpha value is -4.84. The average molecular weight is 484 g/mol. The smallest absolute Gasteiger partial charge is 0.273 e. The Labute approximate surface area is 207 Å². The summed E-state index contributed by atoms with van der Waals surface area (Å²) in [5.74, 6) is -0.105. The number of carbonyl (C=O) groups excluding carboxylic acids is 1. The number of nitriles is 1. The maximum atomic E-state index is 12.7. The number of H-pyrrole nitrogens is 1. The van der Waals surface area contributed by atoms with Gasteiger partial charge in [-0.25, -0.2) is 0 Å². The zero-order chi connectivity index (χ0) is 25.8. The van der Waals surface area contributed by atoms with Gasteiger partial charge in [-0.3, -0.25) is 14.9 Å². The number of aromatic amines is 1. The lowest BCUT2D eigenvalue weighted by atomic mass is 10.1. The summed E-state index contributed by atoms with van der Waals surface area (Å²) < 4.78 is 7.27. The number of nitrogens with zero attached hydrogens (tertiary/aromatic N) is 3. The van der Waals surface area contributed by atoms with Crippen LogP contribution in [0.2, 0.25) is 0 Å². The van der Waals surface area contributed by atoms with Crippen molar-refractivity contribution in [3.8, 4) is 17.5 Å². The summed E-state index contributed by atoms with van der Waals surface area (Å²) in [4.78, 5) is 26.6. The average Bonchev–Trinajstić information content (AvgIpc) is 3.41. The molecule has 4 rings (SSSR count).